The van der Waals surface area contributed by atoms with Gasteiger partial charge in [-0.1, -0.05) is 90.8 Å². The van der Waals surface area contributed by atoms with E-state index in [1.807, 2.05) is 54.6 Å². The maximum atomic E-state index is 15.6. The van der Waals surface area contributed by atoms with E-state index in [1.54, 1.807) is 65.6 Å². The summed E-state index contributed by atoms with van der Waals surface area (Å²) >= 11 is 0. The number of benzene rings is 6. The topological polar surface area (TPSA) is 196 Å². The van der Waals surface area contributed by atoms with Crippen molar-refractivity contribution in [2.24, 2.45) is 22.9 Å². The molecule has 6 atom stereocenters. The molecule has 0 saturated heterocycles. The van der Waals surface area contributed by atoms with Gasteiger partial charge < -0.3 is 34.2 Å². The van der Waals surface area contributed by atoms with Crippen LogP contribution in [-0.4, -0.2) is 68.2 Å². The lowest BCUT2D eigenvalue weighted by Crippen LogP contribution is -2.70. The predicted octanol–water partition coefficient (Wildman–Crippen LogP) is 12.0. The predicted molar refractivity (Wildman–Crippen MR) is 290 cm³/mol. The van der Waals surface area contributed by atoms with E-state index in [-0.39, 0.29) is 69.2 Å². The Balaban J connectivity index is 1.25. The van der Waals surface area contributed by atoms with Crippen LogP contribution < -0.4 is 9.47 Å². The summed E-state index contributed by atoms with van der Waals surface area (Å²) in [4.78, 5) is 45.7. The number of fused-ring (bicyclic) bond motifs is 3. The van der Waals surface area contributed by atoms with Crippen molar-refractivity contribution < 1.29 is 48.3 Å². The number of aliphatic hydroxyl groups excluding tert-OH is 2. The molecule has 0 radical (unpaired) electrons. The second kappa shape index (κ2) is 24.7. The van der Waals surface area contributed by atoms with E-state index in [0.717, 1.165) is 27.5 Å². The summed E-state index contributed by atoms with van der Waals surface area (Å²) in [7, 11) is 0. The smallest absolute Gasteiger partial charge is 0.269 e. The molecule has 9 rings (SSSR count). The van der Waals surface area contributed by atoms with Crippen LogP contribution in [0, 0.1) is 43.8 Å². The number of non-ortho nitro benzene ring substituents is 2. The molecular formula is C61H61FN4O11. The molecule has 2 aliphatic carbocycles. The van der Waals surface area contributed by atoms with E-state index >= 15 is 4.79 Å². The fourth-order valence-corrected chi connectivity index (χ4v) is 11.3. The van der Waals surface area contributed by atoms with Crippen molar-refractivity contribution in [1.82, 2.24) is 4.90 Å². The normalized spacial score (nSPS) is 20.9. The first-order valence-electron chi connectivity index (χ1n) is 26.0. The Morgan fingerprint density at radius 1 is 0.831 bits per heavy atom. The van der Waals surface area contributed by atoms with Crippen molar-refractivity contribution in [3.8, 4) is 11.5 Å². The quantitative estimate of drug-likeness (QED) is 0.0192. The number of ether oxygens (including phenoxy) is 3. The molecule has 6 aromatic carbocycles. The first-order chi connectivity index (χ1) is 37.5. The molecule has 2 N–H and O–H groups in total. The number of rotatable bonds is 24. The maximum absolute atomic E-state index is 15.6. The molecule has 16 heteroatoms. The van der Waals surface area contributed by atoms with Crippen LogP contribution in [0.1, 0.15) is 78.7 Å². The highest BCUT2D eigenvalue weighted by atomic mass is 19.1. The first kappa shape index (κ1) is 53.8. The van der Waals surface area contributed by atoms with Crippen LogP contribution in [0.2, 0.25) is 0 Å². The van der Waals surface area contributed by atoms with Gasteiger partial charge in [-0.3, -0.25) is 25.0 Å². The molecule has 0 bridgehead atoms. The van der Waals surface area contributed by atoms with E-state index in [1.165, 1.54) is 36.4 Å². The zero-order chi connectivity index (χ0) is 53.9. The molecule has 1 fully saturated rings. The number of carbonyl (C=O) groups is 1. The summed E-state index contributed by atoms with van der Waals surface area (Å²) in [6.45, 7) is 4.11. The lowest BCUT2D eigenvalue weighted by molar-refractivity contribution is -0.385. The molecular weight excluding hydrogens is 984 g/mol. The van der Waals surface area contributed by atoms with Gasteiger partial charge in [0, 0.05) is 73.6 Å². The van der Waals surface area contributed by atoms with Crippen molar-refractivity contribution in [2.45, 2.75) is 82.5 Å². The Morgan fingerprint density at radius 2 is 1.52 bits per heavy atom. The molecule has 0 aromatic heterocycles. The average Bonchev–Trinajstić information content (AvgIpc) is 3.55. The van der Waals surface area contributed by atoms with Gasteiger partial charge in [-0.05, 0) is 125 Å². The summed E-state index contributed by atoms with van der Waals surface area (Å²) in [5.41, 5.74) is 4.38. The van der Waals surface area contributed by atoms with E-state index < -0.39 is 45.2 Å². The van der Waals surface area contributed by atoms with Crippen molar-refractivity contribution >= 4 is 39.8 Å². The van der Waals surface area contributed by atoms with Crippen LogP contribution >= 0.6 is 0 Å². The molecule has 1 heterocycles. The number of nitro benzene ring substituents is 2. The second-order valence-corrected chi connectivity index (χ2v) is 19.6. The van der Waals surface area contributed by atoms with Crippen molar-refractivity contribution in [2.75, 3.05) is 19.8 Å². The molecule has 398 valence electrons. The van der Waals surface area contributed by atoms with E-state index in [2.05, 4.69) is 12.7 Å². The molecule has 1 amide bonds. The second-order valence-electron chi connectivity index (χ2n) is 19.6. The molecule has 15 nitrogen and oxygen atoms in total. The van der Waals surface area contributed by atoms with Gasteiger partial charge in [-0.2, -0.15) is 0 Å². The van der Waals surface area contributed by atoms with Gasteiger partial charge in [0.15, 0.2) is 0 Å². The fraction of sp³-hybridized carbons (Fsp3) is 0.311. The molecule has 0 spiro atoms. The highest BCUT2D eigenvalue weighted by Gasteiger charge is 2.65. The Kier molecular flexibility index (Phi) is 17.3. The zero-order valence-corrected chi connectivity index (χ0v) is 42.5. The molecule has 6 unspecified atom stereocenters. The van der Waals surface area contributed by atoms with Gasteiger partial charge in [0.2, 0.25) is 11.7 Å². The summed E-state index contributed by atoms with van der Waals surface area (Å²) in [5.74, 6) is -2.77. The van der Waals surface area contributed by atoms with Crippen LogP contribution in [-0.2, 0) is 34.1 Å². The molecule has 1 saturated carbocycles. The van der Waals surface area contributed by atoms with Gasteiger partial charge in [0.05, 0.1) is 28.1 Å². The number of nitrogens with zero attached hydrogens (tertiary/aromatic N) is 4. The summed E-state index contributed by atoms with van der Waals surface area (Å²) in [5, 5.41) is 50.1. The number of aliphatic hydroxyl groups is 2. The van der Waals surface area contributed by atoms with Crippen molar-refractivity contribution in [3.05, 3.63) is 218 Å². The zero-order valence-electron chi connectivity index (χ0n) is 42.5. The number of nitro groups is 2. The third-order valence-corrected chi connectivity index (χ3v) is 15.0. The van der Waals surface area contributed by atoms with Crippen molar-refractivity contribution in [3.63, 3.8) is 0 Å². The van der Waals surface area contributed by atoms with E-state index in [4.69, 9.17) is 24.2 Å². The number of hydrogen-bond donors (Lipinski definition) is 2. The van der Waals surface area contributed by atoms with Crippen LogP contribution in [0.3, 0.4) is 0 Å². The molecule has 1 aliphatic heterocycles. The van der Waals surface area contributed by atoms with Crippen LogP contribution in [0.25, 0.3) is 16.8 Å². The number of oxime groups is 1. The highest BCUT2D eigenvalue weighted by molar-refractivity contribution is 6.03. The summed E-state index contributed by atoms with van der Waals surface area (Å²) in [6, 6.07) is 36.9. The lowest BCUT2D eigenvalue weighted by atomic mass is 9.55. The van der Waals surface area contributed by atoms with Gasteiger partial charge in [0.1, 0.15) is 36.6 Å². The number of allylic oxidation sites excluding steroid dienone is 1. The van der Waals surface area contributed by atoms with Crippen LogP contribution in [0.4, 0.5) is 15.8 Å². The highest BCUT2D eigenvalue weighted by Crippen LogP contribution is 2.62. The third kappa shape index (κ3) is 12.0. The monoisotopic (exact) mass is 1040 g/mol. The summed E-state index contributed by atoms with van der Waals surface area (Å²) in [6.07, 6.45) is 10.9. The van der Waals surface area contributed by atoms with E-state index in [9.17, 15) is 34.8 Å². The Labute approximate surface area is 445 Å². The minimum Gasteiger partial charge on any atom is -0.489 e. The SMILES string of the molecule is C=CCOC12Oc3ccc(OCc4ccccc4F)cc3C3C(CCCCO)C(CCCCO)C=C(C(=NOCc4ccc([N+](=O)[O-])cc4)CC1N(Cc1cccc4ccccc14)C(=O)C=Cc1ccc([N+](=O)[O-])cc1)C32. The largest absolute Gasteiger partial charge is 0.489 e. The molecule has 6 aromatic rings. The minimum atomic E-state index is -1.64. The number of hydrogen-bond acceptors (Lipinski definition) is 12. The maximum Gasteiger partial charge on any atom is 0.269 e. The van der Waals surface area contributed by atoms with Crippen molar-refractivity contribution in [1.29, 1.82) is 0 Å². The number of unbranched alkanes of at least 4 members (excludes halogenated alkanes) is 2. The third-order valence-electron chi connectivity index (χ3n) is 15.0. The van der Waals surface area contributed by atoms with Gasteiger partial charge in [-0.15, -0.1) is 6.58 Å². The van der Waals surface area contributed by atoms with Gasteiger partial charge in [-0.25, -0.2) is 4.39 Å². The van der Waals surface area contributed by atoms with Gasteiger partial charge in [0.25, 0.3) is 11.4 Å². The molecule has 3 aliphatic rings. The van der Waals surface area contributed by atoms with Crippen LogP contribution in [0.5, 0.6) is 11.5 Å². The Bertz CT molecular complexity index is 3180. The van der Waals surface area contributed by atoms with Crippen LogP contribution in [0.15, 0.2) is 169 Å². The summed E-state index contributed by atoms with van der Waals surface area (Å²) < 4.78 is 36.1. The Hall–Kier alpha value is -8.05. The number of halogens is 1. The standard InChI is InChI=1S/C61H61FN4O11/c1-2-34-75-61-57(64(38-45-16-11-15-43-12-3-5-17-50(43)45)58(69)31-24-41-20-25-47(26-21-41)65(70)71)37-55(63-76-39-42-22-27-48(28-23-42)66(72)73)52-35-44(13-7-9-32-67)51(18-8-10-33-68)59(60(52)61)53-36-49(29-30-56(53)77-61)74-40-46-14-4-6-19-54(46)62/h2-6,11-12,14-17,19-31,35-36,44,51,57,59-60,67-68H,1,7-10,13,18,32-34,37-40H2. The molecule has 77 heavy (non-hydrogen) atoms. The average molecular weight is 1050 g/mol. The lowest BCUT2D eigenvalue weighted by Gasteiger charge is -2.60. The van der Waals surface area contributed by atoms with E-state index in [0.29, 0.717) is 72.4 Å². The van der Waals surface area contributed by atoms with Gasteiger partial charge >= 0.3 is 0 Å². The first-order valence-corrected chi connectivity index (χ1v) is 26.0. The Morgan fingerprint density at radius 3 is 2.25 bits per heavy atom. The number of carbonyl (C=O) groups excluding carboxylic acids is 1. The minimum absolute atomic E-state index is 0.000803. The number of amides is 1. The fourth-order valence-electron chi connectivity index (χ4n) is 11.3.